The zero-order chi connectivity index (χ0) is 25.2. The molecule has 0 aliphatic carbocycles. The molecule has 0 saturated carbocycles. The van der Waals surface area contributed by atoms with E-state index in [0.29, 0.717) is 6.07 Å². The number of pyridine rings is 1. The Morgan fingerprint density at radius 3 is 2.90 bits per heavy atom. The molecular weight excluding hydrogens is 400 g/mol. The highest BCUT2D eigenvalue weighted by molar-refractivity contribution is 5.99. The van der Waals surface area contributed by atoms with E-state index in [1.54, 1.807) is 0 Å². The number of halogens is 2. The number of fused-ring (bicyclic) bond motifs is 2. The van der Waals surface area contributed by atoms with Gasteiger partial charge in [-0.1, -0.05) is 6.07 Å². The third-order valence-electron chi connectivity index (χ3n) is 4.94. The molecular formula is C20H19F2N3O5. The Morgan fingerprint density at radius 1 is 1.40 bits per heavy atom. The number of aromatic nitrogens is 1. The van der Waals surface area contributed by atoms with Gasteiger partial charge in [0.15, 0.2) is 17.7 Å². The Morgan fingerprint density at radius 2 is 2.17 bits per heavy atom. The van der Waals surface area contributed by atoms with E-state index in [1.807, 2.05) is 0 Å². The van der Waals surface area contributed by atoms with Gasteiger partial charge < -0.3 is 24.6 Å². The van der Waals surface area contributed by atoms with Gasteiger partial charge in [0.1, 0.15) is 17.2 Å². The zero-order valence-corrected chi connectivity index (χ0v) is 15.6. The SMILES string of the molecule is [2H]C1([2H])O[C@H]2Cn3cc(C(=O)NCc4ccc(F)cc4F)c(=O)c(O)c3C(=O)N2[C@H](C)C1([2H])[2H]. The molecule has 0 bridgehead atoms. The van der Waals surface area contributed by atoms with Gasteiger partial charge in [-0.25, -0.2) is 8.78 Å². The van der Waals surface area contributed by atoms with E-state index in [9.17, 15) is 28.3 Å². The fourth-order valence-corrected chi connectivity index (χ4v) is 3.40. The minimum atomic E-state index is -2.74. The van der Waals surface area contributed by atoms with Crippen LogP contribution in [0.15, 0.2) is 29.2 Å². The van der Waals surface area contributed by atoms with E-state index in [2.05, 4.69) is 5.32 Å². The standard InChI is InChI=1S/C20H19F2N3O5/c1-10-4-5-30-15-9-24-8-13(17(26)18(27)16(24)20(29)25(10)15)19(28)23-7-11-2-3-12(21)6-14(11)22/h2-3,6,8,10,15,27H,4-5,7,9H2,1H3,(H,23,28)/t10-,15+/m1/s1/i4D2,5D2. The summed E-state index contributed by atoms with van der Waals surface area (Å²) in [6, 6.07) is 1.44. The van der Waals surface area contributed by atoms with Crippen molar-refractivity contribution in [3.63, 3.8) is 0 Å². The highest BCUT2D eigenvalue weighted by Gasteiger charge is 2.41. The van der Waals surface area contributed by atoms with Gasteiger partial charge in [-0.05, 0) is 19.4 Å². The largest absolute Gasteiger partial charge is 0.503 e. The smallest absolute Gasteiger partial charge is 0.276 e. The maximum absolute atomic E-state index is 13.8. The van der Waals surface area contributed by atoms with Crippen LogP contribution in [0.25, 0.3) is 0 Å². The van der Waals surface area contributed by atoms with Gasteiger partial charge >= 0.3 is 0 Å². The van der Waals surface area contributed by atoms with Crippen LogP contribution in [0.1, 0.15) is 45.2 Å². The Balaban J connectivity index is 1.66. The van der Waals surface area contributed by atoms with E-state index < -0.39 is 77.6 Å². The average Bonchev–Trinajstić information content (AvgIpc) is 2.73. The second-order valence-corrected chi connectivity index (χ2v) is 6.85. The molecule has 1 aromatic carbocycles. The molecule has 4 rings (SSSR count). The monoisotopic (exact) mass is 423 g/mol. The van der Waals surface area contributed by atoms with Crippen molar-refractivity contribution in [2.24, 2.45) is 0 Å². The Labute approximate surface area is 175 Å². The normalized spacial score (nSPS) is 25.8. The van der Waals surface area contributed by atoms with Gasteiger partial charge in [0.25, 0.3) is 11.8 Å². The van der Waals surface area contributed by atoms with Gasteiger partial charge in [0.05, 0.1) is 15.8 Å². The molecule has 10 heteroatoms. The van der Waals surface area contributed by atoms with Gasteiger partial charge in [0, 0.05) is 33.2 Å². The van der Waals surface area contributed by atoms with Crippen LogP contribution in [-0.4, -0.2) is 45.2 Å². The first-order valence-corrected chi connectivity index (χ1v) is 8.95. The summed E-state index contributed by atoms with van der Waals surface area (Å²) in [6.07, 6.45) is -2.89. The van der Waals surface area contributed by atoms with Gasteiger partial charge in [-0.15, -0.1) is 0 Å². The molecule has 1 aromatic heterocycles. The molecule has 3 heterocycles. The third kappa shape index (κ3) is 3.32. The van der Waals surface area contributed by atoms with Crippen LogP contribution in [0.2, 0.25) is 0 Å². The van der Waals surface area contributed by atoms with Crippen molar-refractivity contribution < 1.29 is 33.7 Å². The number of nitrogens with zero attached hydrogens (tertiary/aromatic N) is 2. The lowest BCUT2D eigenvalue weighted by atomic mass is 10.1. The molecule has 2 N–H and O–H groups in total. The summed E-state index contributed by atoms with van der Waals surface area (Å²) in [5.74, 6) is -4.74. The van der Waals surface area contributed by atoms with Crippen LogP contribution in [0, 0.1) is 11.6 Å². The topological polar surface area (TPSA) is 101 Å². The number of benzene rings is 1. The maximum Gasteiger partial charge on any atom is 0.276 e. The van der Waals surface area contributed by atoms with Crippen LogP contribution in [0.5, 0.6) is 5.75 Å². The summed E-state index contributed by atoms with van der Waals surface area (Å²) in [4.78, 5) is 39.2. The molecule has 0 unspecified atom stereocenters. The Bertz CT molecular complexity index is 1270. The number of hydrogen-bond donors (Lipinski definition) is 2. The number of amides is 2. The molecule has 0 radical (unpaired) electrons. The minimum absolute atomic E-state index is 0.0519. The molecule has 2 aliphatic heterocycles. The molecule has 0 spiro atoms. The quantitative estimate of drug-likeness (QED) is 0.776. The first kappa shape index (κ1) is 15.6. The van der Waals surface area contributed by atoms with Gasteiger partial charge in [0.2, 0.25) is 5.43 Å². The first-order chi connectivity index (χ1) is 15.8. The molecule has 8 nitrogen and oxygen atoms in total. The fourth-order valence-electron chi connectivity index (χ4n) is 3.40. The first-order valence-electron chi connectivity index (χ1n) is 10.9. The number of hydrogen-bond acceptors (Lipinski definition) is 5. The van der Waals surface area contributed by atoms with E-state index in [1.165, 1.54) is 6.92 Å². The second kappa shape index (κ2) is 7.52. The summed E-state index contributed by atoms with van der Waals surface area (Å²) in [5.41, 5.74) is -2.31. The summed E-state index contributed by atoms with van der Waals surface area (Å²) < 4.78 is 64.9. The summed E-state index contributed by atoms with van der Waals surface area (Å²) in [7, 11) is 0. The fraction of sp³-hybridized carbons (Fsp3) is 0.350. The van der Waals surface area contributed by atoms with Crippen molar-refractivity contribution in [2.45, 2.75) is 38.7 Å². The predicted molar refractivity (Wildman–Crippen MR) is 99.9 cm³/mol. The summed E-state index contributed by atoms with van der Waals surface area (Å²) in [6.45, 7) is -2.15. The summed E-state index contributed by atoms with van der Waals surface area (Å²) >= 11 is 0. The van der Waals surface area contributed by atoms with Crippen molar-refractivity contribution in [3.05, 3.63) is 63.1 Å². The van der Waals surface area contributed by atoms with Crippen molar-refractivity contribution in [2.75, 3.05) is 6.56 Å². The Hall–Kier alpha value is -3.27. The maximum atomic E-state index is 13.8. The zero-order valence-electron chi connectivity index (χ0n) is 19.6. The minimum Gasteiger partial charge on any atom is -0.503 e. The highest BCUT2D eigenvalue weighted by atomic mass is 19.1. The van der Waals surface area contributed by atoms with Crippen LogP contribution in [0.3, 0.4) is 0 Å². The molecule has 2 aliphatic rings. The van der Waals surface area contributed by atoms with E-state index in [0.717, 1.165) is 27.8 Å². The Kier molecular flexibility index (Phi) is 3.90. The van der Waals surface area contributed by atoms with Crippen LogP contribution in [0.4, 0.5) is 8.78 Å². The van der Waals surface area contributed by atoms with Crippen LogP contribution >= 0.6 is 0 Å². The van der Waals surface area contributed by atoms with Gasteiger partial charge in [-0.2, -0.15) is 0 Å². The predicted octanol–water partition coefficient (Wildman–Crippen LogP) is 1.35. The van der Waals surface area contributed by atoms with Crippen molar-refractivity contribution in [1.82, 2.24) is 14.8 Å². The molecule has 2 amide bonds. The van der Waals surface area contributed by atoms with Crippen molar-refractivity contribution in [1.29, 1.82) is 0 Å². The second-order valence-electron chi connectivity index (χ2n) is 6.85. The van der Waals surface area contributed by atoms with E-state index in [-0.39, 0.29) is 12.1 Å². The van der Waals surface area contributed by atoms with E-state index >= 15 is 0 Å². The lowest BCUT2D eigenvalue weighted by Gasteiger charge is -2.44. The molecule has 2 atom stereocenters. The molecule has 158 valence electrons. The number of nitrogens with one attached hydrogen (secondary N) is 1. The number of carbonyl (C=O) groups is 2. The molecule has 1 saturated heterocycles. The van der Waals surface area contributed by atoms with Crippen molar-refractivity contribution >= 4 is 11.8 Å². The third-order valence-corrected chi connectivity index (χ3v) is 4.94. The molecule has 30 heavy (non-hydrogen) atoms. The number of aromatic hydroxyl groups is 1. The van der Waals surface area contributed by atoms with Crippen molar-refractivity contribution in [3.8, 4) is 5.75 Å². The van der Waals surface area contributed by atoms with E-state index in [4.69, 9.17) is 10.2 Å². The van der Waals surface area contributed by atoms with Crippen LogP contribution < -0.4 is 10.7 Å². The number of carbonyl (C=O) groups excluding carboxylic acids is 2. The number of ether oxygens (including phenoxy) is 1. The van der Waals surface area contributed by atoms with Crippen LogP contribution in [-0.2, 0) is 17.8 Å². The van der Waals surface area contributed by atoms with Gasteiger partial charge in [-0.3, -0.25) is 14.4 Å². The molecule has 1 fully saturated rings. The lowest BCUT2D eigenvalue weighted by molar-refractivity contribution is -0.112. The molecule has 2 aromatic rings. The summed E-state index contributed by atoms with van der Waals surface area (Å²) in [5, 5.41) is 12.7. The lowest BCUT2D eigenvalue weighted by Crippen LogP contribution is -2.57. The highest BCUT2D eigenvalue weighted by Crippen LogP contribution is 2.29. The number of rotatable bonds is 3. The average molecular weight is 423 g/mol.